The lowest BCUT2D eigenvalue weighted by atomic mass is 9.79. The Kier molecular flexibility index (Phi) is 1.44. The van der Waals surface area contributed by atoms with Gasteiger partial charge in [0.05, 0.1) is 6.42 Å². The second kappa shape index (κ2) is 2.08. The first-order chi connectivity index (χ1) is 5.83. The standard InChI is InChI=1S/C10H16O3/c1-8(2)4-5-10(6-7(11)12)9(8,3)13-10/h4-6H2,1-3H3,(H,11,12). The third kappa shape index (κ3) is 0.909. The third-order valence-corrected chi connectivity index (χ3v) is 4.11. The molecule has 2 fully saturated rings. The molecule has 0 aromatic rings. The summed E-state index contributed by atoms with van der Waals surface area (Å²) in [5, 5.41) is 8.77. The molecule has 0 aromatic heterocycles. The van der Waals surface area contributed by atoms with Gasteiger partial charge < -0.3 is 9.84 Å². The molecule has 0 bridgehead atoms. The number of carboxylic acids is 1. The van der Waals surface area contributed by atoms with Crippen LogP contribution in [0.4, 0.5) is 0 Å². The Morgan fingerprint density at radius 2 is 2.00 bits per heavy atom. The van der Waals surface area contributed by atoms with E-state index in [4.69, 9.17) is 9.84 Å². The van der Waals surface area contributed by atoms with E-state index in [1.165, 1.54) is 0 Å². The number of aliphatic carboxylic acids is 1. The summed E-state index contributed by atoms with van der Waals surface area (Å²) in [6.45, 7) is 6.36. The molecular formula is C10H16O3. The van der Waals surface area contributed by atoms with Crippen molar-refractivity contribution in [3.63, 3.8) is 0 Å². The predicted octanol–water partition coefficient (Wildman–Crippen LogP) is 1.81. The molecule has 0 radical (unpaired) electrons. The molecule has 13 heavy (non-hydrogen) atoms. The highest BCUT2D eigenvalue weighted by atomic mass is 16.6. The minimum absolute atomic E-state index is 0.127. The summed E-state index contributed by atoms with van der Waals surface area (Å²) in [7, 11) is 0. The molecule has 74 valence electrons. The van der Waals surface area contributed by atoms with Crippen molar-refractivity contribution in [3.8, 4) is 0 Å². The number of ether oxygens (including phenoxy) is 1. The first kappa shape index (κ1) is 9.00. The number of hydrogen-bond acceptors (Lipinski definition) is 2. The van der Waals surface area contributed by atoms with Gasteiger partial charge in [0, 0.05) is 0 Å². The zero-order valence-electron chi connectivity index (χ0n) is 8.39. The summed E-state index contributed by atoms with van der Waals surface area (Å²) >= 11 is 0. The molecular weight excluding hydrogens is 168 g/mol. The molecule has 1 heterocycles. The zero-order valence-corrected chi connectivity index (χ0v) is 8.39. The van der Waals surface area contributed by atoms with Crippen LogP contribution < -0.4 is 0 Å². The maximum atomic E-state index is 10.7. The van der Waals surface area contributed by atoms with Crippen molar-refractivity contribution in [1.29, 1.82) is 0 Å². The fourth-order valence-corrected chi connectivity index (χ4v) is 2.70. The molecule has 1 aliphatic carbocycles. The maximum Gasteiger partial charge on any atom is 0.306 e. The van der Waals surface area contributed by atoms with Gasteiger partial charge in [-0.1, -0.05) is 13.8 Å². The SMILES string of the molecule is CC1(C)CCC2(CC(=O)O)OC12C. The van der Waals surface area contributed by atoms with E-state index in [-0.39, 0.29) is 23.0 Å². The van der Waals surface area contributed by atoms with Gasteiger partial charge in [-0.25, -0.2) is 0 Å². The van der Waals surface area contributed by atoms with Crippen LogP contribution in [0, 0.1) is 5.41 Å². The number of hydrogen-bond donors (Lipinski definition) is 1. The third-order valence-electron chi connectivity index (χ3n) is 4.11. The van der Waals surface area contributed by atoms with Crippen molar-refractivity contribution in [2.24, 2.45) is 5.41 Å². The Hall–Kier alpha value is -0.570. The number of carbonyl (C=O) groups is 1. The topological polar surface area (TPSA) is 49.8 Å². The lowest BCUT2D eigenvalue weighted by Crippen LogP contribution is -2.30. The van der Waals surface area contributed by atoms with Crippen LogP contribution in [0.25, 0.3) is 0 Å². The van der Waals surface area contributed by atoms with Crippen LogP contribution in [0.15, 0.2) is 0 Å². The highest BCUT2D eigenvalue weighted by Crippen LogP contribution is 2.69. The van der Waals surface area contributed by atoms with Crippen LogP contribution in [0.5, 0.6) is 0 Å². The molecule has 2 rings (SSSR count). The zero-order chi connectivity index (χ0) is 9.91. The first-order valence-corrected chi connectivity index (χ1v) is 4.75. The van der Waals surface area contributed by atoms with Crippen molar-refractivity contribution >= 4 is 5.97 Å². The highest BCUT2D eigenvalue weighted by Gasteiger charge is 2.77. The molecule has 0 spiro atoms. The molecule has 1 N–H and O–H groups in total. The van der Waals surface area contributed by atoms with Gasteiger partial charge in [-0.05, 0) is 25.2 Å². The van der Waals surface area contributed by atoms with E-state index in [9.17, 15) is 4.79 Å². The monoisotopic (exact) mass is 184 g/mol. The Morgan fingerprint density at radius 1 is 1.38 bits per heavy atom. The molecule has 1 saturated carbocycles. The Bertz CT molecular complexity index is 267. The van der Waals surface area contributed by atoms with Gasteiger partial charge in [0.25, 0.3) is 0 Å². The second-order valence-electron chi connectivity index (χ2n) is 5.08. The average molecular weight is 184 g/mol. The number of carboxylic acid groups (broad SMARTS) is 1. The van der Waals surface area contributed by atoms with Gasteiger partial charge in [-0.2, -0.15) is 0 Å². The van der Waals surface area contributed by atoms with Crippen molar-refractivity contribution in [2.45, 2.75) is 51.2 Å². The van der Waals surface area contributed by atoms with Crippen LogP contribution in [0.2, 0.25) is 0 Å². The fraction of sp³-hybridized carbons (Fsp3) is 0.900. The number of epoxide rings is 1. The van der Waals surface area contributed by atoms with E-state index >= 15 is 0 Å². The van der Waals surface area contributed by atoms with Gasteiger partial charge in [0.2, 0.25) is 0 Å². The summed E-state index contributed by atoms with van der Waals surface area (Å²) in [5.74, 6) is -0.749. The smallest absolute Gasteiger partial charge is 0.306 e. The van der Waals surface area contributed by atoms with Crippen molar-refractivity contribution in [1.82, 2.24) is 0 Å². The predicted molar refractivity (Wildman–Crippen MR) is 47.5 cm³/mol. The fourth-order valence-electron chi connectivity index (χ4n) is 2.70. The molecule has 1 aliphatic heterocycles. The van der Waals surface area contributed by atoms with Crippen molar-refractivity contribution in [3.05, 3.63) is 0 Å². The summed E-state index contributed by atoms with van der Waals surface area (Å²) in [5.41, 5.74) is -0.414. The van der Waals surface area contributed by atoms with Crippen LogP contribution in [0.1, 0.15) is 40.0 Å². The van der Waals surface area contributed by atoms with Gasteiger partial charge in [0.15, 0.2) is 0 Å². The van der Waals surface area contributed by atoms with Gasteiger partial charge in [-0.15, -0.1) is 0 Å². The van der Waals surface area contributed by atoms with Crippen LogP contribution in [-0.4, -0.2) is 22.3 Å². The van der Waals surface area contributed by atoms with E-state index in [2.05, 4.69) is 13.8 Å². The lowest BCUT2D eigenvalue weighted by molar-refractivity contribution is -0.138. The molecule has 1 saturated heterocycles. The summed E-state index contributed by atoms with van der Waals surface area (Å²) < 4.78 is 5.67. The molecule has 3 heteroatoms. The largest absolute Gasteiger partial charge is 0.481 e. The van der Waals surface area contributed by atoms with Gasteiger partial charge in [0.1, 0.15) is 11.2 Å². The number of rotatable bonds is 2. The molecule has 2 unspecified atom stereocenters. The Labute approximate surface area is 78.1 Å². The van der Waals surface area contributed by atoms with Crippen LogP contribution in [-0.2, 0) is 9.53 Å². The van der Waals surface area contributed by atoms with E-state index in [0.717, 1.165) is 12.8 Å². The summed E-state index contributed by atoms with van der Waals surface area (Å²) in [4.78, 5) is 10.7. The van der Waals surface area contributed by atoms with Crippen molar-refractivity contribution in [2.75, 3.05) is 0 Å². The van der Waals surface area contributed by atoms with E-state index in [0.29, 0.717) is 0 Å². The Balaban J connectivity index is 2.20. The average Bonchev–Trinajstić information content (AvgIpc) is 2.48. The molecule has 2 aliphatic rings. The van der Waals surface area contributed by atoms with E-state index in [1.807, 2.05) is 6.92 Å². The summed E-state index contributed by atoms with van der Waals surface area (Å²) in [6.07, 6.45) is 2.12. The molecule has 0 amide bonds. The number of fused-ring (bicyclic) bond motifs is 1. The minimum Gasteiger partial charge on any atom is -0.481 e. The first-order valence-electron chi connectivity index (χ1n) is 4.75. The quantitative estimate of drug-likeness (QED) is 0.666. The van der Waals surface area contributed by atoms with Crippen LogP contribution in [0.3, 0.4) is 0 Å². The molecule has 2 atom stereocenters. The minimum atomic E-state index is -0.749. The Morgan fingerprint density at radius 3 is 2.31 bits per heavy atom. The van der Waals surface area contributed by atoms with Gasteiger partial charge >= 0.3 is 5.97 Å². The normalized spacial score (nSPS) is 45.8. The van der Waals surface area contributed by atoms with E-state index < -0.39 is 5.97 Å². The van der Waals surface area contributed by atoms with Gasteiger partial charge in [-0.3, -0.25) is 4.79 Å². The second-order valence-corrected chi connectivity index (χ2v) is 5.08. The van der Waals surface area contributed by atoms with E-state index in [1.54, 1.807) is 0 Å². The lowest BCUT2D eigenvalue weighted by Gasteiger charge is -2.24. The maximum absolute atomic E-state index is 10.7. The van der Waals surface area contributed by atoms with Crippen molar-refractivity contribution < 1.29 is 14.6 Å². The molecule has 0 aromatic carbocycles. The summed E-state index contributed by atoms with van der Waals surface area (Å²) in [6, 6.07) is 0. The molecule has 3 nitrogen and oxygen atoms in total. The highest BCUT2D eigenvalue weighted by molar-refractivity contribution is 5.69. The van der Waals surface area contributed by atoms with Crippen LogP contribution >= 0.6 is 0 Å².